The Kier molecular flexibility index (Phi) is 2.74. The Morgan fingerprint density at radius 1 is 1.62 bits per heavy atom. The van der Waals surface area contributed by atoms with Crippen LogP contribution in [0.4, 0.5) is 3.89 Å². The summed E-state index contributed by atoms with van der Waals surface area (Å²) in [7, 11) is 0. The summed E-state index contributed by atoms with van der Waals surface area (Å²) in [5.41, 5.74) is 6.36. The molecule has 0 fully saturated rings. The molecule has 0 aliphatic heterocycles. The lowest BCUT2D eigenvalue weighted by Gasteiger charge is -1.99. The summed E-state index contributed by atoms with van der Waals surface area (Å²) in [6.07, 6.45) is 3.95. The molecular formula is C9H6FN5S. The number of halogens is 1. The van der Waals surface area contributed by atoms with Gasteiger partial charge in [0, 0.05) is 17.8 Å². The molecule has 0 saturated carbocycles. The van der Waals surface area contributed by atoms with Crippen molar-refractivity contribution >= 4 is 28.9 Å². The Morgan fingerprint density at radius 3 is 3.06 bits per heavy atom. The fraction of sp³-hybridized carbons (Fsp3) is 0. The van der Waals surface area contributed by atoms with E-state index in [9.17, 15) is 3.89 Å². The van der Waals surface area contributed by atoms with Crippen LogP contribution in [0.2, 0.25) is 0 Å². The predicted molar refractivity (Wildman–Crippen MR) is 59.4 cm³/mol. The van der Waals surface area contributed by atoms with Gasteiger partial charge < -0.3 is 5.73 Å². The van der Waals surface area contributed by atoms with Gasteiger partial charge in [-0.05, 0) is 6.07 Å². The van der Waals surface area contributed by atoms with Crippen LogP contribution in [-0.2, 0) is 0 Å². The third-order valence-corrected chi connectivity index (χ3v) is 2.51. The topological polar surface area (TPSA) is 80.5 Å². The maximum Gasteiger partial charge on any atom is 0.171 e. The van der Waals surface area contributed by atoms with Crippen molar-refractivity contribution in [3.63, 3.8) is 0 Å². The quantitative estimate of drug-likeness (QED) is 0.800. The number of fused-ring (bicyclic) bond motifs is 1. The van der Waals surface area contributed by atoms with E-state index in [0.717, 1.165) is 0 Å². The molecule has 2 aromatic heterocycles. The molecule has 80 valence electrons. The number of nitrogens with zero attached hydrogens (tertiary/aromatic N) is 4. The number of nitriles is 1. The first-order chi connectivity index (χ1) is 7.81. The zero-order chi connectivity index (χ0) is 11.5. The van der Waals surface area contributed by atoms with Gasteiger partial charge in [0.05, 0.1) is 11.3 Å². The minimum atomic E-state index is 0.0333. The van der Waals surface area contributed by atoms with E-state index in [-0.39, 0.29) is 17.9 Å². The molecule has 0 saturated heterocycles. The number of rotatable bonds is 2. The van der Waals surface area contributed by atoms with Crippen LogP contribution in [0.3, 0.4) is 0 Å². The molecule has 2 aromatic rings. The molecule has 0 unspecified atom stereocenters. The van der Waals surface area contributed by atoms with Crippen LogP contribution < -0.4 is 5.73 Å². The molecule has 0 spiro atoms. The van der Waals surface area contributed by atoms with Crippen LogP contribution >= 0.6 is 12.3 Å². The standard InChI is InChI=1S/C9H6FN5S/c10-16-15-2-1-7-8(6(3-11)4-12)13-5-14-9(7)15/h1-3,5H,11H2/b6-3+. The monoisotopic (exact) mass is 235 g/mol. The molecule has 0 amide bonds. The van der Waals surface area contributed by atoms with E-state index in [2.05, 4.69) is 9.97 Å². The third-order valence-electron chi connectivity index (χ3n) is 2.06. The third kappa shape index (κ3) is 1.49. The van der Waals surface area contributed by atoms with Gasteiger partial charge in [-0.1, -0.05) is 0 Å². The number of hydrogen-bond donors (Lipinski definition) is 1. The van der Waals surface area contributed by atoms with Crippen LogP contribution in [0.1, 0.15) is 5.69 Å². The molecular weight excluding hydrogens is 229 g/mol. The second-order valence-corrected chi connectivity index (χ2v) is 3.39. The van der Waals surface area contributed by atoms with Crippen molar-refractivity contribution in [1.82, 2.24) is 13.9 Å². The summed E-state index contributed by atoms with van der Waals surface area (Å²) in [5, 5.41) is 9.45. The smallest absolute Gasteiger partial charge is 0.171 e. The molecule has 5 nitrogen and oxygen atoms in total. The Labute approximate surface area is 94.8 Å². The molecule has 2 N–H and O–H groups in total. The summed E-state index contributed by atoms with van der Waals surface area (Å²) in [4.78, 5) is 7.91. The Balaban J connectivity index is 2.73. The van der Waals surface area contributed by atoms with E-state index >= 15 is 0 Å². The van der Waals surface area contributed by atoms with Gasteiger partial charge in [-0.15, -0.1) is 3.89 Å². The van der Waals surface area contributed by atoms with Crippen molar-refractivity contribution in [2.24, 2.45) is 5.73 Å². The Morgan fingerprint density at radius 2 is 2.44 bits per heavy atom. The van der Waals surface area contributed by atoms with E-state index in [4.69, 9.17) is 11.0 Å². The molecule has 0 bridgehead atoms. The first-order valence-electron chi connectivity index (χ1n) is 4.25. The van der Waals surface area contributed by atoms with Crippen LogP contribution in [0.25, 0.3) is 16.6 Å². The first-order valence-corrected chi connectivity index (χ1v) is 4.92. The highest BCUT2D eigenvalue weighted by Crippen LogP contribution is 2.24. The van der Waals surface area contributed by atoms with Gasteiger partial charge >= 0.3 is 0 Å². The van der Waals surface area contributed by atoms with Crippen LogP contribution in [-0.4, -0.2) is 13.9 Å². The molecule has 0 aliphatic carbocycles. The highest BCUT2D eigenvalue weighted by molar-refractivity contribution is 7.92. The normalized spacial score (nSPS) is 11.6. The lowest BCUT2D eigenvalue weighted by molar-refractivity contribution is 0.919. The molecule has 0 atom stereocenters. The molecule has 2 rings (SSSR count). The lowest BCUT2D eigenvalue weighted by atomic mass is 10.1. The minimum absolute atomic E-state index is 0.0333. The van der Waals surface area contributed by atoms with Gasteiger partial charge in [0.15, 0.2) is 18.0 Å². The van der Waals surface area contributed by atoms with Crippen molar-refractivity contribution in [3.8, 4) is 6.07 Å². The van der Waals surface area contributed by atoms with E-state index in [1.807, 2.05) is 6.07 Å². The van der Waals surface area contributed by atoms with Crippen molar-refractivity contribution < 1.29 is 3.89 Å². The van der Waals surface area contributed by atoms with E-state index < -0.39 is 0 Å². The maximum absolute atomic E-state index is 12.5. The van der Waals surface area contributed by atoms with Crippen LogP contribution in [0, 0.1) is 11.3 Å². The SMILES string of the molecule is N#C/C(=C\N)c1ncnc2c1ccn2SF. The summed E-state index contributed by atoms with van der Waals surface area (Å²) in [6.45, 7) is 0. The van der Waals surface area contributed by atoms with Crippen molar-refractivity contribution in [2.45, 2.75) is 0 Å². The van der Waals surface area contributed by atoms with Crippen LogP contribution in [0.5, 0.6) is 0 Å². The zero-order valence-corrected chi connectivity index (χ0v) is 8.78. The molecule has 0 aromatic carbocycles. The fourth-order valence-corrected chi connectivity index (χ4v) is 1.69. The summed E-state index contributed by atoms with van der Waals surface area (Å²) in [5.74, 6) is 0. The summed E-state index contributed by atoms with van der Waals surface area (Å²) >= 11 is 0.0333. The van der Waals surface area contributed by atoms with E-state index in [1.54, 1.807) is 6.07 Å². The zero-order valence-electron chi connectivity index (χ0n) is 7.96. The minimum Gasteiger partial charge on any atom is -0.403 e. The summed E-state index contributed by atoms with van der Waals surface area (Å²) < 4.78 is 13.7. The second-order valence-electron chi connectivity index (χ2n) is 2.86. The van der Waals surface area contributed by atoms with Crippen LogP contribution in [0.15, 0.2) is 24.8 Å². The highest BCUT2D eigenvalue weighted by Gasteiger charge is 2.11. The van der Waals surface area contributed by atoms with E-state index in [1.165, 1.54) is 22.7 Å². The maximum atomic E-state index is 12.5. The number of allylic oxidation sites excluding steroid dienone is 1. The number of aromatic nitrogens is 3. The van der Waals surface area contributed by atoms with E-state index in [0.29, 0.717) is 16.7 Å². The summed E-state index contributed by atoms with van der Waals surface area (Å²) in [6, 6.07) is 3.56. The molecule has 7 heteroatoms. The van der Waals surface area contributed by atoms with Gasteiger partial charge in [-0.25, -0.2) is 13.9 Å². The number of hydrogen-bond acceptors (Lipinski definition) is 5. The van der Waals surface area contributed by atoms with Gasteiger partial charge in [0.2, 0.25) is 0 Å². The van der Waals surface area contributed by atoms with Crippen molar-refractivity contribution in [1.29, 1.82) is 5.26 Å². The average Bonchev–Trinajstić information content (AvgIpc) is 2.74. The molecule has 2 heterocycles. The second kappa shape index (κ2) is 4.20. The average molecular weight is 235 g/mol. The lowest BCUT2D eigenvalue weighted by Crippen LogP contribution is -1.94. The molecule has 16 heavy (non-hydrogen) atoms. The van der Waals surface area contributed by atoms with Crippen molar-refractivity contribution in [3.05, 3.63) is 30.5 Å². The van der Waals surface area contributed by atoms with Gasteiger partial charge in [-0.3, -0.25) is 0 Å². The molecule has 0 radical (unpaired) electrons. The van der Waals surface area contributed by atoms with Gasteiger partial charge in [0.25, 0.3) is 0 Å². The Hall–Kier alpha value is -2.07. The fourth-order valence-electron chi connectivity index (χ4n) is 1.37. The van der Waals surface area contributed by atoms with Crippen molar-refractivity contribution in [2.75, 3.05) is 0 Å². The Bertz CT molecular complexity index is 597. The highest BCUT2D eigenvalue weighted by atomic mass is 32.2. The van der Waals surface area contributed by atoms with Gasteiger partial charge in [-0.2, -0.15) is 5.26 Å². The first kappa shape index (κ1) is 10.4. The molecule has 0 aliphatic rings. The number of nitrogens with two attached hydrogens (primary N) is 1. The van der Waals surface area contributed by atoms with Gasteiger partial charge in [0.1, 0.15) is 12.4 Å². The predicted octanol–water partition coefficient (Wildman–Crippen LogP) is 1.64. The largest absolute Gasteiger partial charge is 0.403 e.